The Morgan fingerprint density at radius 3 is 2.71 bits per heavy atom. The van der Waals surface area contributed by atoms with Crippen LogP contribution in [0.2, 0.25) is 0 Å². The number of aryl methyl sites for hydroxylation is 1. The first-order valence-corrected chi connectivity index (χ1v) is 8.60. The van der Waals surface area contributed by atoms with Crippen molar-refractivity contribution in [3.63, 3.8) is 0 Å². The Morgan fingerprint density at radius 1 is 1.19 bits per heavy atom. The number of rotatable bonds is 2. The largest absolute Gasteiger partial charge is 0.365 e. The maximum Gasteiger partial charge on any atom is 0.0438 e. The highest BCUT2D eigenvalue weighted by molar-refractivity contribution is 5.59. The van der Waals surface area contributed by atoms with Crippen molar-refractivity contribution in [1.82, 2.24) is 5.32 Å². The Hall–Kier alpha value is -1.02. The van der Waals surface area contributed by atoms with Crippen molar-refractivity contribution >= 4 is 5.69 Å². The van der Waals surface area contributed by atoms with Crippen molar-refractivity contribution in [2.24, 2.45) is 5.92 Å². The van der Waals surface area contributed by atoms with Gasteiger partial charge in [-0.3, -0.25) is 0 Å². The molecule has 21 heavy (non-hydrogen) atoms. The normalized spacial score (nSPS) is 25.0. The molecule has 1 aromatic carbocycles. The van der Waals surface area contributed by atoms with E-state index in [2.05, 4.69) is 56.1 Å². The van der Waals surface area contributed by atoms with Gasteiger partial charge in [0.2, 0.25) is 0 Å². The molecule has 2 heteroatoms. The smallest absolute Gasteiger partial charge is 0.0438 e. The summed E-state index contributed by atoms with van der Waals surface area (Å²) in [6, 6.07) is 7.58. The molecule has 0 bridgehead atoms. The molecular weight excluding hydrogens is 256 g/mol. The van der Waals surface area contributed by atoms with Crippen LogP contribution in [0.4, 0.5) is 5.69 Å². The van der Waals surface area contributed by atoms with Crippen LogP contribution in [0.5, 0.6) is 0 Å². The van der Waals surface area contributed by atoms with E-state index in [0.29, 0.717) is 12.0 Å². The fourth-order valence-corrected chi connectivity index (χ4v) is 3.98. The summed E-state index contributed by atoms with van der Waals surface area (Å²) in [5, 5.41) is 3.73. The minimum absolute atomic E-state index is 0.197. The van der Waals surface area contributed by atoms with E-state index < -0.39 is 0 Å². The topological polar surface area (TPSA) is 15.3 Å². The van der Waals surface area contributed by atoms with Crippen LogP contribution < -0.4 is 10.2 Å². The van der Waals surface area contributed by atoms with Crippen molar-refractivity contribution < 1.29 is 0 Å². The van der Waals surface area contributed by atoms with Crippen LogP contribution >= 0.6 is 0 Å². The Bertz CT molecular complexity index is 504. The van der Waals surface area contributed by atoms with Gasteiger partial charge >= 0.3 is 0 Å². The number of piperazine rings is 1. The number of nitrogens with zero attached hydrogens (tertiary/aromatic N) is 1. The van der Waals surface area contributed by atoms with Crippen LogP contribution in [0.25, 0.3) is 0 Å². The zero-order valence-electron chi connectivity index (χ0n) is 14.1. The first-order chi connectivity index (χ1) is 9.98. The van der Waals surface area contributed by atoms with Gasteiger partial charge in [-0.25, -0.2) is 0 Å². The highest BCUT2D eigenvalue weighted by Gasteiger charge is 2.35. The minimum atomic E-state index is 0.197. The first-order valence-electron chi connectivity index (χ1n) is 8.60. The number of anilines is 1. The van der Waals surface area contributed by atoms with Gasteiger partial charge in [0.15, 0.2) is 0 Å². The zero-order chi connectivity index (χ0) is 15.0. The van der Waals surface area contributed by atoms with Crippen LogP contribution in [0.3, 0.4) is 0 Å². The summed E-state index contributed by atoms with van der Waals surface area (Å²) >= 11 is 0. The molecule has 0 radical (unpaired) electrons. The van der Waals surface area contributed by atoms with E-state index in [1.165, 1.54) is 31.4 Å². The molecular formula is C19H30N2. The number of benzene rings is 1. The molecule has 1 aliphatic carbocycles. The van der Waals surface area contributed by atoms with Gasteiger partial charge in [-0.2, -0.15) is 0 Å². The molecule has 0 spiro atoms. The second-order valence-electron chi connectivity index (χ2n) is 7.83. The van der Waals surface area contributed by atoms with Crippen molar-refractivity contribution in [3.05, 3.63) is 29.3 Å². The van der Waals surface area contributed by atoms with Gasteiger partial charge in [-0.05, 0) is 62.6 Å². The van der Waals surface area contributed by atoms with Crippen LogP contribution in [0, 0.1) is 5.92 Å². The second-order valence-corrected chi connectivity index (χ2v) is 7.83. The van der Waals surface area contributed by atoms with Gasteiger partial charge in [-0.15, -0.1) is 0 Å². The third-order valence-electron chi connectivity index (χ3n) is 5.21. The quantitative estimate of drug-likeness (QED) is 0.890. The SMILES string of the molecule is CC(C)C1CNC(C)(C)CN1c1cccc2c1CCCC2. The lowest BCUT2D eigenvalue weighted by molar-refractivity contribution is 0.276. The van der Waals surface area contributed by atoms with Crippen molar-refractivity contribution in [2.75, 3.05) is 18.0 Å². The van der Waals surface area contributed by atoms with Gasteiger partial charge in [0.25, 0.3) is 0 Å². The van der Waals surface area contributed by atoms with Gasteiger partial charge < -0.3 is 10.2 Å². The third-order valence-corrected chi connectivity index (χ3v) is 5.21. The van der Waals surface area contributed by atoms with Gasteiger partial charge in [-0.1, -0.05) is 26.0 Å². The molecule has 2 aliphatic rings. The Kier molecular flexibility index (Phi) is 4.00. The van der Waals surface area contributed by atoms with E-state index in [4.69, 9.17) is 0 Å². The van der Waals surface area contributed by atoms with Crippen LogP contribution in [-0.2, 0) is 12.8 Å². The molecule has 1 N–H and O–H groups in total. The Morgan fingerprint density at radius 2 is 1.95 bits per heavy atom. The molecule has 0 aromatic heterocycles. The predicted molar refractivity (Wildman–Crippen MR) is 91.1 cm³/mol. The minimum Gasteiger partial charge on any atom is -0.365 e. The maximum atomic E-state index is 3.73. The lowest BCUT2D eigenvalue weighted by Gasteiger charge is -2.48. The zero-order valence-corrected chi connectivity index (χ0v) is 14.1. The molecule has 0 saturated carbocycles. The van der Waals surface area contributed by atoms with Crippen molar-refractivity contribution in [1.29, 1.82) is 0 Å². The predicted octanol–water partition coefficient (Wildman–Crippen LogP) is 3.78. The lowest BCUT2D eigenvalue weighted by atomic mass is 9.87. The lowest BCUT2D eigenvalue weighted by Crippen LogP contribution is -2.63. The van der Waals surface area contributed by atoms with Gasteiger partial charge in [0.05, 0.1) is 0 Å². The molecule has 1 aliphatic heterocycles. The van der Waals surface area contributed by atoms with Crippen LogP contribution in [-0.4, -0.2) is 24.7 Å². The Balaban J connectivity index is 1.99. The van der Waals surface area contributed by atoms with E-state index in [1.54, 1.807) is 11.1 Å². The highest BCUT2D eigenvalue weighted by Crippen LogP contribution is 2.34. The summed E-state index contributed by atoms with van der Waals surface area (Å²) in [5.74, 6) is 0.674. The summed E-state index contributed by atoms with van der Waals surface area (Å²) in [5.41, 5.74) is 4.94. The molecule has 2 nitrogen and oxygen atoms in total. The molecule has 1 atom stereocenters. The van der Waals surface area contributed by atoms with E-state index in [1.807, 2.05) is 0 Å². The average Bonchev–Trinajstić information content (AvgIpc) is 2.45. The Labute approximate surface area is 129 Å². The summed E-state index contributed by atoms with van der Waals surface area (Å²) in [7, 11) is 0. The van der Waals surface area contributed by atoms with Gasteiger partial charge in [0, 0.05) is 30.4 Å². The van der Waals surface area contributed by atoms with E-state index >= 15 is 0 Å². The molecule has 1 unspecified atom stereocenters. The monoisotopic (exact) mass is 286 g/mol. The third kappa shape index (κ3) is 2.96. The number of nitrogens with one attached hydrogen (secondary N) is 1. The molecule has 1 saturated heterocycles. The average molecular weight is 286 g/mol. The van der Waals surface area contributed by atoms with Crippen molar-refractivity contribution in [2.45, 2.75) is 65.0 Å². The molecule has 0 amide bonds. The van der Waals surface area contributed by atoms with Crippen LogP contribution in [0.15, 0.2) is 18.2 Å². The van der Waals surface area contributed by atoms with E-state index in [9.17, 15) is 0 Å². The van der Waals surface area contributed by atoms with E-state index in [-0.39, 0.29) is 5.54 Å². The highest BCUT2D eigenvalue weighted by atomic mass is 15.3. The number of fused-ring (bicyclic) bond motifs is 1. The standard InChI is InChI=1S/C19H30N2/c1-14(2)18-12-20-19(3,4)13-21(18)17-11-7-9-15-8-5-6-10-16(15)17/h7,9,11,14,18,20H,5-6,8,10,12-13H2,1-4H3. The van der Waals surface area contributed by atoms with Crippen molar-refractivity contribution in [3.8, 4) is 0 Å². The summed E-state index contributed by atoms with van der Waals surface area (Å²) in [6.45, 7) is 11.6. The maximum absolute atomic E-state index is 3.73. The van der Waals surface area contributed by atoms with Crippen LogP contribution in [0.1, 0.15) is 51.7 Å². The molecule has 1 aromatic rings. The fourth-order valence-electron chi connectivity index (χ4n) is 3.98. The molecule has 116 valence electrons. The fraction of sp³-hybridized carbons (Fsp3) is 0.684. The first kappa shape index (κ1) is 14.9. The van der Waals surface area contributed by atoms with E-state index in [0.717, 1.165) is 13.1 Å². The number of hydrogen-bond acceptors (Lipinski definition) is 2. The molecule has 1 fully saturated rings. The number of hydrogen-bond donors (Lipinski definition) is 1. The molecule has 3 rings (SSSR count). The second kappa shape index (κ2) is 5.64. The molecule has 1 heterocycles. The summed E-state index contributed by atoms with van der Waals surface area (Å²) in [4.78, 5) is 2.70. The summed E-state index contributed by atoms with van der Waals surface area (Å²) in [6.07, 6.45) is 5.24. The van der Waals surface area contributed by atoms with Gasteiger partial charge in [0.1, 0.15) is 0 Å². The summed E-state index contributed by atoms with van der Waals surface area (Å²) < 4.78 is 0.